The Morgan fingerprint density at radius 2 is 1.62 bits per heavy atom. The Labute approximate surface area is 182 Å². The summed E-state index contributed by atoms with van der Waals surface area (Å²) in [6.45, 7) is 2.78. The second-order valence-corrected chi connectivity index (χ2v) is 10.2. The molecule has 0 aliphatic carbocycles. The first-order valence-electron chi connectivity index (χ1n) is 9.56. The minimum Gasteiger partial charge on any atom is -0.302 e. The number of hydrogen-bond donors (Lipinski definition) is 0. The maximum absolute atomic E-state index is 13.4. The number of Topliss-reactive ketones (excluding diaryl/α,β-unsaturated/α-hetero) is 1. The topological polar surface area (TPSA) is 57.7 Å². The zero-order chi connectivity index (χ0) is 19.6. The molecule has 0 saturated carbocycles. The van der Waals surface area contributed by atoms with Crippen LogP contribution in [0.2, 0.25) is 0 Å². The first-order chi connectivity index (χ1) is 13.6. The van der Waals surface area contributed by atoms with Gasteiger partial charge in [0.25, 0.3) is 0 Å². The van der Waals surface area contributed by atoms with Gasteiger partial charge >= 0.3 is 0 Å². The van der Waals surface area contributed by atoms with E-state index < -0.39 is 10.0 Å². The summed E-state index contributed by atoms with van der Waals surface area (Å²) in [6, 6.07) is 15.9. The number of hydrogen-bond acceptors (Lipinski definition) is 5. The fourth-order valence-corrected chi connectivity index (χ4v) is 6.71. The Kier molecular flexibility index (Phi) is 7.40. The number of sulfonamides is 1. The van der Waals surface area contributed by atoms with Gasteiger partial charge < -0.3 is 4.90 Å². The molecule has 4 rings (SSSR count). The number of carbonyl (C=O) groups excluding carboxylic acids is 1. The molecule has 0 amide bonds. The van der Waals surface area contributed by atoms with E-state index in [0.29, 0.717) is 12.0 Å². The van der Waals surface area contributed by atoms with E-state index in [1.54, 1.807) is 24.3 Å². The van der Waals surface area contributed by atoms with Crippen LogP contribution in [-0.4, -0.2) is 61.1 Å². The lowest BCUT2D eigenvalue weighted by atomic mass is 10.0. The van der Waals surface area contributed by atoms with Crippen molar-refractivity contribution in [2.24, 2.45) is 0 Å². The largest absolute Gasteiger partial charge is 0.302 e. The van der Waals surface area contributed by atoms with Gasteiger partial charge in [-0.1, -0.05) is 42.5 Å². The maximum atomic E-state index is 13.4. The normalized spacial score (nSPS) is 20.5. The maximum Gasteiger partial charge on any atom is 0.244 e. The summed E-state index contributed by atoms with van der Waals surface area (Å²) in [4.78, 5) is 15.2. The number of carbonyl (C=O) groups is 1. The molecule has 5 nitrogen and oxygen atoms in total. The Hall–Kier alpha value is -1.38. The van der Waals surface area contributed by atoms with Crippen molar-refractivity contribution in [2.45, 2.75) is 17.4 Å². The van der Waals surface area contributed by atoms with Crippen LogP contribution in [-0.2, 0) is 10.0 Å². The quantitative estimate of drug-likeness (QED) is 0.695. The third-order valence-electron chi connectivity index (χ3n) is 5.43. The number of ketones is 1. The number of thioether (sulfide) groups is 1. The molecule has 1 saturated heterocycles. The SMILES string of the molecule is Cl.O=C1CN(C(CCN2CCSCC2)c2ccccc2)S(=O)(=O)c2ccccc21. The van der Waals surface area contributed by atoms with E-state index in [9.17, 15) is 13.2 Å². The van der Waals surface area contributed by atoms with Gasteiger partial charge in [-0.15, -0.1) is 12.4 Å². The third-order valence-corrected chi connectivity index (χ3v) is 8.28. The van der Waals surface area contributed by atoms with Gasteiger partial charge in [-0.05, 0) is 24.1 Å². The molecule has 0 spiro atoms. The van der Waals surface area contributed by atoms with E-state index in [4.69, 9.17) is 0 Å². The van der Waals surface area contributed by atoms with Gasteiger partial charge in [0, 0.05) is 36.7 Å². The first-order valence-corrected chi connectivity index (χ1v) is 12.2. The van der Waals surface area contributed by atoms with Crippen molar-refractivity contribution in [3.63, 3.8) is 0 Å². The molecule has 0 aromatic heterocycles. The zero-order valence-corrected chi connectivity index (χ0v) is 18.5. The highest BCUT2D eigenvalue weighted by Crippen LogP contribution is 2.35. The summed E-state index contributed by atoms with van der Waals surface area (Å²) in [5.74, 6) is 2.09. The number of rotatable bonds is 5. The van der Waals surface area contributed by atoms with E-state index in [1.807, 2.05) is 42.1 Å². The number of nitrogens with zero attached hydrogens (tertiary/aromatic N) is 2. The average molecular weight is 453 g/mol. The molecule has 29 heavy (non-hydrogen) atoms. The minimum absolute atomic E-state index is 0. The van der Waals surface area contributed by atoms with E-state index in [2.05, 4.69) is 4.90 Å². The van der Waals surface area contributed by atoms with Crippen molar-refractivity contribution < 1.29 is 13.2 Å². The van der Waals surface area contributed by atoms with Gasteiger partial charge in [-0.2, -0.15) is 16.1 Å². The van der Waals surface area contributed by atoms with Crippen LogP contribution >= 0.6 is 24.2 Å². The van der Waals surface area contributed by atoms with E-state index in [1.165, 1.54) is 4.31 Å². The number of fused-ring (bicyclic) bond motifs is 1. The lowest BCUT2D eigenvalue weighted by Gasteiger charge is -2.36. The van der Waals surface area contributed by atoms with Crippen LogP contribution in [0.3, 0.4) is 0 Å². The molecule has 8 heteroatoms. The molecule has 2 aromatic rings. The smallest absolute Gasteiger partial charge is 0.244 e. The van der Waals surface area contributed by atoms with Gasteiger partial charge in [0.15, 0.2) is 5.78 Å². The first kappa shape index (κ1) is 22.3. The highest BCUT2D eigenvalue weighted by molar-refractivity contribution is 7.99. The molecule has 156 valence electrons. The second kappa shape index (κ2) is 9.62. The highest BCUT2D eigenvalue weighted by Gasteiger charge is 2.40. The van der Waals surface area contributed by atoms with Crippen LogP contribution in [0.4, 0.5) is 0 Å². The molecule has 1 fully saturated rings. The Balaban J connectivity index is 0.00000240. The zero-order valence-electron chi connectivity index (χ0n) is 16.1. The summed E-state index contributed by atoms with van der Waals surface area (Å²) in [5.41, 5.74) is 1.24. The van der Waals surface area contributed by atoms with Crippen molar-refractivity contribution >= 4 is 40.0 Å². The Bertz CT molecular complexity index is 947. The van der Waals surface area contributed by atoms with Crippen molar-refractivity contribution in [1.29, 1.82) is 0 Å². The predicted octanol–water partition coefficient (Wildman–Crippen LogP) is 3.48. The van der Waals surface area contributed by atoms with Gasteiger partial charge in [-0.25, -0.2) is 8.42 Å². The minimum atomic E-state index is -3.73. The van der Waals surface area contributed by atoms with Gasteiger partial charge in [-0.3, -0.25) is 4.79 Å². The fourth-order valence-electron chi connectivity index (χ4n) is 3.92. The van der Waals surface area contributed by atoms with E-state index >= 15 is 0 Å². The Morgan fingerprint density at radius 1 is 0.966 bits per heavy atom. The predicted molar refractivity (Wildman–Crippen MR) is 119 cm³/mol. The summed E-state index contributed by atoms with van der Waals surface area (Å²) < 4.78 is 28.2. The van der Waals surface area contributed by atoms with Crippen molar-refractivity contribution in [3.8, 4) is 0 Å². The van der Waals surface area contributed by atoms with Crippen molar-refractivity contribution in [1.82, 2.24) is 9.21 Å². The second-order valence-electron chi connectivity index (χ2n) is 7.14. The van der Waals surface area contributed by atoms with Gasteiger partial charge in [0.05, 0.1) is 17.5 Å². The molecule has 2 heterocycles. The molecule has 0 N–H and O–H groups in total. The van der Waals surface area contributed by atoms with Crippen LogP contribution in [0.25, 0.3) is 0 Å². The van der Waals surface area contributed by atoms with E-state index in [0.717, 1.165) is 36.7 Å². The van der Waals surface area contributed by atoms with Crippen LogP contribution in [0.1, 0.15) is 28.4 Å². The van der Waals surface area contributed by atoms with Crippen LogP contribution in [0.15, 0.2) is 59.5 Å². The molecule has 2 aliphatic heterocycles. The van der Waals surface area contributed by atoms with Crippen LogP contribution < -0.4 is 0 Å². The molecular formula is C21H25ClN2O3S2. The van der Waals surface area contributed by atoms with Gasteiger partial charge in [0.2, 0.25) is 10.0 Å². The monoisotopic (exact) mass is 452 g/mol. The van der Waals surface area contributed by atoms with Crippen LogP contribution in [0, 0.1) is 0 Å². The van der Waals surface area contributed by atoms with Crippen molar-refractivity contribution in [2.75, 3.05) is 37.7 Å². The molecule has 2 aromatic carbocycles. The van der Waals surface area contributed by atoms with E-state index in [-0.39, 0.29) is 35.7 Å². The van der Waals surface area contributed by atoms with Crippen molar-refractivity contribution in [3.05, 3.63) is 65.7 Å². The number of halogens is 1. The molecule has 1 unspecified atom stereocenters. The van der Waals surface area contributed by atoms with Crippen LogP contribution in [0.5, 0.6) is 0 Å². The fraction of sp³-hybridized carbons (Fsp3) is 0.381. The Morgan fingerprint density at radius 3 is 2.34 bits per heavy atom. The third kappa shape index (κ3) is 4.70. The summed E-state index contributed by atoms with van der Waals surface area (Å²) >= 11 is 1.96. The summed E-state index contributed by atoms with van der Waals surface area (Å²) in [7, 11) is -3.73. The summed E-state index contributed by atoms with van der Waals surface area (Å²) in [6.07, 6.45) is 0.670. The average Bonchev–Trinajstić information content (AvgIpc) is 2.73. The lowest BCUT2D eigenvalue weighted by Crippen LogP contribution is -2.44. The number of benzene rings is 2. The highest BCUT2D eigenvalue weighted by atomic mass is 35.5. The molecule has 1 atom stereocenters. The van der Waals surface area contributed by atoms with Gasteiger partial charge in [0.1, 0.15) is 0 Å². The molecular weight excluding hydrogens is 428 g/mol. The summed E-state index contributed by atoms with van der Waals surface area (Å²) in [5, 5.41) is 0. The molecule has 0 radical (unpaired) electrons. The standard InChI is InChI=1S/C21H24N2O3S2.ClH/c24-20-16-23(28(25,26)21-9-5-4-8-18(20)21)19(17-6-2-1-3-7-17)10-11-22-12-14-27-15-13-22;/h1-9,19H,10-16H2;1H. The lowest BCUT2D eigenvalue weighted by molar-refractivity contribution is 0.0935. The molecule has 0 bridgehead atoms. The molecule has 2 aliphatic rings.